The second kappa shape index (κ2) is 13.4. The van der Waals surface area contributed by atoms with E-state index in [4.69, 9.17) is 0 Å². The van der Waals surface area contributed by atoms with Crippen LogP contribution >= 0.6 is 0 Å². The minimum atomic E-state index is 1.01. The monoisotopic (exact) mass is 254 g/mol. The normalized spacial score (nSPS) is 14.7. The van der Waals surface area contributed by atoms with Crippen LogP contribution < -0.4 is 0 Å². The summed E-state index contributed by atoms with van der Waals surface area (Å²) in [4.78, 5) is 0. The third-order valence-corrected chi connectivity index (χ3v) is 4.50. The molecule has 0 amide bonds. The Balaban J connectivity index is 3.71. The second-order valence-electron chi connectivity index (χ2n) is 6.13. The molecule has 0 aliphatic carbocycles. The highest BCUT2D eigenvalue weighted by Gasteiger charge is 2.13. The van der Waals surface area contributed by atoms with Gasteiger partial charge in [-0.2, -0.15) is 0 Å². The van der Waals surface area contributed by atoms with E-state index in [1.54, 1.807) is 0 Å². The molecule has 0 heteroatoms. The van der Waals surface area contributed by atoms with Crippen molar-refractivity contribution in [3.05, 3.63) is 0 Å². The third-order valence-electron chi connectivity index (χ3n) is 4.50. The number of rotatable bonds is 13. The van der Waals surface area contributed by atoms with Gasteiger partial charge < -0.3 is 0 Å². The molecule has 0 bridgehead atoms. The van der Waals surface area contributed by atoms with Crippen molar-refractivity contribution < 1.29 is 0 Å². The van der Waals surface area contributed by atoms with Crippen molar-refractivity contribution in [1.82, 2.24) is 0 Å². The molecule has 0 nitrogen and oxygen atoms in total. The zero-order chi connectivity index (χ0) is 13.6. The molecule has 0 aromatic rings. The molecular weight excluding hydrogens is 216 g/mol. The van der Waals surface area contributed by atoms with Gasteiger partial charge in [0, 0.05) is 0 Å². The highest BCUT2D eigenvalue weighted by atomic mass is 14.2. The Bertz CT molecular complexity index is 150. The smallest absolute Gasteiger partial charge is 0.0414 e. The van der Waals surface area contributed by atoms with Gasteiger partial charge in [-0.05, 0) is 18.3 Å². The molecule has 2 atom stereocenters. The van der Waals surface area contributed by atoms with Crippen molar-refractivity contribution in [2.45, 2.75) is 105 Å². The molecule has 0 spiro atoms. The first-order valence-corrected chi connectivity index (χ1v) is 8.78. The molecule has 18 heavy (non-hydrogen) atoms. The Morgan fingerprint density at radius 2 is 1.06 bits per heavy atom. The standard InChI is InChI=1S/C18H38/c1-5-9-11-12-13-15-18(8-4)16-17(7-3)14-10-6-2/h17-18H,5-16H2,1-4H3. The first kappa shape index (κ1) is 18.0. The van der Waals surface area contributed by atoms with E-state index in [0.29, 0.717) is 0 Å². The van der Waals surface area contributed by atoms with Crippen molar-refractivity contribution in [1.29, 1.82) is 0 Å². The highest BCUT2D eigenvalue weighted by molar-refractivity contribution is 4.65. The minimum Gasteiger partial charge on any atom is -0.0654 e. The molecule has 0 aromatic heterocycles. The van der Waals surface area contributed by atoms with Gasteiger partial charge in [-0.1, -0.05) is 98.3 Å². The molecule has 2 unspecified atom stereocenters. The van der Waals surface area contributed by atoms with Gasteiger partial charge in [0.2, 0.25) is 0 Å². The van der Waals surface area contributed by atoms with Crippen molar-refractivity contribution >= 4 is 0 Å². The molecule has 0 rings (SSSR count). The van der Waals surface area contributed by atoms with Crippen LogP contribution in [0.3, 0.4) is 0 Å². The lowest BCUT2D eigenvalue weighted by molar-refractivity contribution is 0.309. The molecule has 110 valence electrons. The average Bonchev–Trinajstić information content (AvgIpc) is 2.41. The maximum Gasteiger partial charge on any atom is -0.0414 e. The predicted molar refractivity (Wildman–Crippen MR) is 85.1 cm³/mol. The average molecular weight is 255 g/mol. The minimum absolute atomic E-state index is 1.01. The molecule has 0 radical (unpaired) electrons. The quantitative estimate of drug-likeness (QED) is 0.311. The molecule has 0 N–H and O–H groups in total. The molecule has 0 aliphatic rings. The lowest BCUT2D eigenvalue weighted by Gasteiger charge is -2.21. The summed E-state index contributed by atoms with van der Waals surface area (Å²) < 4.78 is 0. The zero-order valence-corrected chi connectivity index (χ0v) is 13.6. The topological polar surface area (TPSA) is 0 Å². The van der Waals surface area contributed by atoms with E-state index >= 15 is 0 Å². The van der Waals surface area contributed by atoms with Crippen molar-refractivity contribution in [2.75, 3.05) is 0 Å². The van der Waals surface area contributed by atoms with Gasteiger partial charge in [-0.25, -0.2) is 0 Å². The summed E-state index contributed by atoms with van der Waals surface area (Å²) in [6, 6.07) is 0. The maximum atomic E-state index is 2.39. The summed E-state index contributed by atoms with van der Waals surface area (Å²) in [5.41, 5.74) is 0. The second-order valence-corrected chi connectivity index (χ2v) is 6.13. The molecule has 0 aliphatic heterocycles. The van der Waals surface area contributed by atoms with Crippen molar-refractivity contribution in [3.63, 3.8) is 0 Å². The summed E-state index contributed by atoms with van der Waals surface area (Å²) in [6.07, 6.45) is 17.3. The van der Waals surface area contributed by atoms with E-state index in [1.807, 2.05) is 0 Å². The van der Waals surface area contributed by atoms with Gasteiger partial charge in [-0.15, -0.1) is 0 Å². The first-order valence-electron chi connectivity index (χ1n) is 8.78. The summed E-state index contributed by atoms with van der Waals surface area (Å²) in [6.45, 7) is 9.39. The lowest BCUT2D eigenvalue weighted by atomic mass is 9.84. The van der Waals surface area contributed by atoms with E-state index in [-0.39, 0.29) is 0 Å². The van der Waals surface area contributed by atoms with E-state index in [2.05, 4.69) is 27.7 Å². The lowest BCUT2D eigenvalue weighted by Crippen LogP contribution is -2.08. The molecule has 0 fully saturated rings. The van der Waals surface area contributed by atoms with Crippen LogP contribution in [0.5, 0.6) is 0 Å². The Morgan fingerprint density at radius 3 is 1.56 bits per heavy atom. The van der Waals surface area contributed by atoms with Crippen molar-refractivity contribution in [3.8, 4) is 0 Å². The fourth-order valence-corrected chi connectivity index (χ4v) is 2.98. The fraction of sp³-hybridized carbons (Fsp3) is 1.00. The van der Waals surface area contributed by atoms with E-state index < -0.39 is 0 Å². The Labute approximate surface area is 117 Å². The maximum absolute atomic E-state index is 2.39. The van der Waals surface area contributed by atoms with Crippen LogP contribution in [0, 0.1) is 11.8 Å². The molecule has 0 heterocycles. The van der Waals surface area contributed by atoms with E-state index in [1.165, 1.54) is 77.0 Å². The molecule has 0 saturated carbocycles. The van der Waals surface area contributed by atoms with Gasteiger partial charge in [-0.3, -0.25) is 0 Å². The van der Waals surface area contributed by atoms with Crippen LogP contribution in [0.15, 0.2) is 0 Å². The number of hydrogen-bond acceptors (Lipinski definition) is 0. The van der Waals surface area contributed by atoms with Crippen LogP contribution in [0.1, 0.15) is 105 Å². The van der Waals surface area contributed by atoms with Crippen LogP contribution in [0.4, 0.5) is 0 Å². The van der Waals surface area contributed by atoms with Crippen LogP contribution in [0.25, 0.3) is 0 Å². The van der Waals surface area contributed by atoms with Crippen molar-refractivity contribution in [2.24, 2.45) is 11.8 Å². The van der Waals surface area contributed by atoms with Crippen LogP contribution in [-0.4, -0.2) is 0 Å². The van der Waals surface area contributed by atoms with E-state index in [9.17, 15) is 0 Å². The molecular formula is C18H38. The van der Waals surface area contributed by atoms with E-state index in [0.717, 1.165) is 11.8 Å². The third kappa shape index (κ3) is 9.97. The summed E-state index contributed by atoms with van der Waals surface area (Å²) in [5, 5.41) is 0. The molecule has 0 saturated heterocycles. The van der Waals surface area contributed by atoms with Gasteiger partial charge in [0.1, 0.15) is 0 Å². The fourth-order valence-electron chi connectivity index (χ4n) is 2.98. The first-order chi connectivity index (χ1) is 8.78. The Hall–Kier alpha value is 0. The van der Waals surface area contributed by atoms with Crippen LogP contribution in [0.2, 0.25) is 0 Å². The zero-order valence-electron chi connectivity index (χ0n) is 13.6. The molecule has 0 aromatic carbocycles. The number of unbranched alkanes of at least 4 members (excludes halogenated alkanes) is 5. The SMILES string of the molecule is CCCCCCCC(CC)CC(CC)CCCC. The summed E-state index contributed by atoms with van der Waals surface area (Å²) in [5.74, 6) is 2.01. The van der Waals surface area contributed by atoms with Gasteiger partial charge >= 0.3 is 0 Å². The highest BCUT2D eigenvalue weighted by Crippen LogP contribution is 2.27. The van der Waals surface area contributed by atoms with Gasteiger partial charge in [0.15, 0.2) is 0 Å². The van der Waals surface area contributed by atoms with Gasteiger partial charge in [0.25, 0.3) is 0 Å². The Kier molecular flexibility index (Phi) is 13.4. The summed E-state index contributed by atoms with van der Waals surface area (Å²) in [7, 11) is 0. The predicted octanol–water partition coefficient (Wildman–Crippen LogP) is 6.98. The summed E-state index contributed by atoms with van der Waals surface area (Å²) >= 11 is 0. The Morgan fingerprint density at radius 1 is 0.556 bits per heavy atom. The van der Waals surface area contributed by atoms with Gasteiger partial charge in [0.05, 0.1) is 0 Å². The largest absolute Gasteiger partial charge is 0.0654 e. The van der Waals surface area contributed by atoms with Crippen LogP contribution in [-0.2, 0) is 0 Å². The number of hydrogen-bond donors (Lipinski definition) is 0.